The molecule has 5 heteroatoms. The van der Waals surface area contributed by atoms with E-state index in [4.69, 9.17) is 0 Å². The number of nitrogens with one attached hydrogen (secondary N) is 1. The highest BCUT2D eigenvalue weighted by Crippen LogP contribution is 2.38. The zero-order chi connectivity index (χ0) is 20.1. The molecule has 1 atom stereocenters. The number of hydrogen-bond donors (Lipinski definition) is 1. The molecule has 1 aliphatic rings. The van der Waals surface area contributed by atoms with Gasteiger partial charge < -0.3 is 10.2 Å². The Balaban J connectivity index is 1.91. The molecule has 2 heterocycles. The molecule has 1 saturated heterocycles. The minimum atomic E-state index is -0.562. The highest BCUT2D eigenvalue weighted by Gasteiger charge is 2.45. The van der Waals surface area contributed by atoms with Crippen molar-refractivity contribution in [2.75, 3.05) is 19.6 Å². The third-order valence-electron chi connectivity index (χ3n) is 5.49. The van der Waals surface area contributed by atoms with Crippen LogP contribution in [0.3, 0.4) is 0 Å². The maximum atomic E-state index is 13.3. The van der Waals surface area contributed by atoms with E-state index in [-0.39, 0.29) is 11.8 Å². The average Bonchev–Trinajstić information content (AvgIpc) is 3.37. The van der Waals surface area contributed by atoms with Gasteiger partial charge in [0.15, 0.2) is 0 Å². The summed E-state index contributed by atoms with van der Waals surface area (Å²) in [6, 6.07) is 12.5. The lowest BCUT2D eigenvalue weighted by Gasteiger charge is -2.29. The fourth-order valence-corrected chi connectivity index (χ4v) is 4.70. The lowest BCUT2D eigenvalue weighted by atomic mass is 9.78. The van der Waals surface area contributed by atoms with Gasteiger partial charge in [-0.1, -0.05) is 51.1 Å². The molecule has 0 radical (unpaired) electrons. The highest BCUT2D eigenvalue weighted by molar-refractivity contribution is 7.13. The number of nitrogens with zero attached hydrogens (tertiary/aromatic N) is 1. The molecule has 1 fully saturated rings. The second kappa shape index (κ2) is 8.91. The van der Waals surface area contributed by atoms with Crippen molar-refractivity contribution in [2.45, 2.75) is 40.0 Å². The molecule has 2 aromatic rings. The Bertz CT molecular complexity index is 816. The monoisotopic (exact) mass is 398 g/mol. The average molecular weight is 399 g/mol. The Morgan fingerprint density at radius 3 is 2.68 bits per heavy atom. The molecule has 2 amide bonds. The molecule has 150 valence electrons. The Morgan fingerprint density at radius 1 is 1.21 bits per heavy atom. The van der Waals surface area contributed by atoms with Crippen molar-refractivity contribution in [3.8, 4) is 10.4 Å². The lowest BCUT2D eigenvalue weighted by molar-refractivity contribution is -0.133. The highest BCUT2D eigenvalue weighted by atomic mass is 32.1. The van der Waals surface area contributed by atoms with Gasteiger partial charge in [0.25, 0.3) is 0 Å². The molecule has 0 spiro atoms. The number of carbonyl (C=O) groups is 2. The van der Waals surface area contributed by atoms with Crippen molar-refractivity contribution in [3.63, 3.8) is 0 Å². The van der Waals surface area contributed by atoms with Crippen molar-refractivity contribution in [1.29, 1.82) is 0 Å². The molecule has 0 saturated carbocycles. The zero-order valence-corrected chi connectivity index (χ0v) is 17.8. The number of carbonyl (C=O) groups excluding carboxylic acids is 2. The summed E-state index contributed by atoms with van der Waals surface area (Å²) in [6.07, 6.45) is 1.84. The molecule has 4 nitrogen and oxygen atoms in total. The summed E-state index contributed by atoms with van der Waals surface area (Å²) in [5.41, 5.74) is 1.80. The van der Waals surface area contributed by atoms with Gasteiger partial charge in [-0.3, -0.25) is 9.59 Å². The minimum Gasteiger partial charge on any atom is -0.355 e. The summed E-state index contributed by atoms with van der Waals surface area (Å²) in [7, 11) is 0. The van der Waals surface area contributed by atoms with Crippen molar-refractivity contribution in [1.82, 2.24) is 10.2 Å². The van der Waals surface area contributed by atoms with Crippen molar-refractivity contribution >= 4 is 23.2 Å². The van der Waals surface area contributed by atoms with E-state index in [9.17, 15) is 9.59 Å². The van der Waals surface area contributed by atoms with Crippen LogP contribution in [-0.2, 0) is 16.0 Å². The second-order valence-electron chi connectivity index (χ2n) is 8.11. The summed E-state index contributed by atoms with van der Waals surface area (Å²) in [4.78, 5) is 28.7. The third-order valence-corrected chi connectivity index (χ3v) is 6.40. The smallest absolute Gasteiger partial charge is 0.228 e. The number of amides is 2. The Morgan fingerprint density at radius 2 is 2.00 bits per heavy atom. The predicted octanol–water partition coefficient (Wildman–Crippen LogP) is 4.36. The first-order chi connectivity index (χ1) is 13.4. The van der Waals surface area contributed by atoms with Crippen molar-refractivity contribution in [2.24, 2.45) is 11.3 Å². The number of rotatable bonds is 7. The van der Waals surface area contributed by atoms with E-state index in [1.807, 2.05) is 24.0 Å². The SMILES string of the molecule is CCC(=O)N1CCC(Cc2ccccc2-c2cccs2)(C(=O)NCC(C)C)C1. The zero-order valence-electron chi connectivity index (χ0n) is 17.0. The largest absolute Gasteiger partial charge is 0.355 e. The van der Waals surface area contributed by atoms with Crippen LogP contribution in [0.15, 0.2) is 41.8 Å². The van der Waals surface area contributed by atoms with Crippen LogP contribution in [0.4, 0.5) is 0 Å². The maximum absolute atomic E-state index is 13.3. The van der Waals surface area contributed by atoms with Gasteiger partial charge in [0.2, 0.25) is 11.8 Å². The Labute approximate surface area is 172 Å². The quantitative estimate of drug-likeness (QED) is 0.753. The predicted molar refractivity (Wildman–Crippen MR) is 115 cm³/mol. The molecule has 0 bridgehead atoms. The molecule has 1 unspecified atom stereocenters. The lowest BCUT2D eigenvalue weighted by Crippen LogP contribution is -2.46. The number of benzene rings is 1. The molecule has 3 rings (SSSR count). The Hall–Kier alpha value is -2.14. The van der Waals surface area contributed by atoms with E-state index in [2.05, 4.69) is 48.8 Å². The van der Waals surface area contributed by atoms with Crippen LogP contribution in [-0.4, -0.2) is 36.3 Å². The van der Waals surface area contributed by atoms with Gasteiger partial charge in [0.05, 0.1) is 5.41 Å². The van der Waals surface area contributed by atoms with E-state index in [1.165, 1.54) is 16.0 Å². The normalized spacial score (nSPS) is 19.2. The van der Waals surface area contributed by atoms with Crippen LogP contribution in [0.5, 0.6) is 0 Å². The van der Waals surface area contributed by atoms with Gasteiger partial charge in [-0.05, 0) is 41.3 Å². The van der Waals surface area contributed by atoms with E-state index in [1.54, 1.807) is 11.3 Å². The molecule has 1 aromatic heterocycles. The van der Waals surface area contributed by atoms with Gasteiger partial charge in [-0.15, -0.1) is 11.3 Å². The molecule has 0 aliphatic carbocycles. The van der Waals surface area contributed by atoms with Crippen LogP contribution < -0.4 is 5.32 Å². The summed E-state index contributed by atoms with van der Waals surface area (Å²) in [5, 5.41) is 5.22. The molecule has 1 N–H and O–H groups in total. The molecule has 1 aromatic carbocycles. The van der Waals surface area contributed by atoms with Crippen LogP contribution >= 0.6 is 11.3 Å². The first-order valence-corrected chi connectivity index (χ1v) is 11.0. The number of thiophene rings is 1. The first kappa shape index (κ1) is 20.6. The molecule has 28 heavy (non-hydrogen) atoms. The fraction of sp³-hybridized carbons (Fsp3) is 0.478. The van der Waals surface area contributed by atoms with Crippen molar-refractivity contribution < 1.29 is 9.59 Å². The van der Waals surface area contributed by atoms with Gasteiger partial charge in [0.1, 0.15) is 0 Å². The first-order valence-electron chi connectivity index (χ1n) is 10.1. The van der Waals surface area contributed by atoms with Crippen LogP contribution in [0.25, 0.3) is 10.4 Å². The van der Waals surface area contributed by atoms with Gasteiger partial charge in [-0.25, -0.2) is 0 Å². The molecular weight excluding hydrogens is 368 g/mol. The molecular formula is C23H30N2O2S. The minimum absolute atomic E-state index is 0.0774. The number of hydrogen-bond acceptors (Lipinski definition) is 3. The van der Waals surface area contributed by atoms with Crippen molar-refractivity contribution in [3.05, 3.63) is 47.3 Å². The summed E-state index contributed by atoms with van der Waals surface area (Å²) >= 11 is 1.71. The van der Waals surface area contributed by atoms with Gasteiger partial charge in [0, 0.05) is 30.9 Å². The van der Waals surface area contributed by atoms with Crippen LogP contribution in [0.1, 0.15) is 39.2 Å². The topological polar surface area (TPSA) is 49.4 Å². The summed E-state index contributed by atoms with van der Waals surface area (Å²) in [5.74, 6) is 0.604. The van der Waals surface area contributed by atoms with Gasteiger partial charge >= 0.3 is 0 Å². The maximum Gasteiger partial charge on any atom is 0.228 e. The summed E-state index contributed by atoms with van der Waals surface area (Å²) < 4.78 is 0. The third kappa shape index (κ3) is 4.46. The second-order valence-corrected chi connectivity index (χ2v) is 9.06. The van der Waals surface area contributed by atoms with E-state index in [0.29, 0.717) is 44.8 Å². The van der Waals surface area contributed by atoms with E-state index >= 15 is 0 Å². The van der Waals surface area contributed by atoms with Crippen LogP contribution in [0.2, 0.25) is 0 Å². The van der Waals surface area contributed by atoms with Crippen LogP contribution in [0, 0.1) is 11.3 Å². The Kier molecular flexibility index (Phi) is 6.55. The van der Waals surface area contributed by atoms with E-state index in [0.717, 1.165) is 0 Å². The molecule has 1 aliphatic heterocycles. The van der Waals surface area contributed by atoms with E-state index < -0.39 is 5.41 Å². The fourth-order valence-electron chi connectivity index (χ4n) is 3.91. The summed E-state index contributed by atoms with van der Waals surface area (Å²) in [6.45, 7) is 7.90. The standard InChI is InChI=1S/C23H30N2O2S/c1-4-21(26)25-12-11-23(16-25,22(27)24-15-17(2)3)14-18-8-5-6-9-19(18)20-10-7-13-28-20/h5-10,13,17H,4,11-12,14-16H2,1-3H3,(H,24,27). The number of likely N-dealkylation sites (tertiary alicyclic amines) is 1. The van der Waals surface area contributed by atoms with Gasteiger partial charge in [-0.2, -0.15) is 0 Å².